The van der Waals surface area contributed by atoms with Crippen molar-refractivity contribution in [2.45, 2.75) is 19.4 Å². The molecule has 0 saturated carbocycles. The molecule has 1 aromatic carbocycles. The fourth-order valence-electron chi connectivity index (χ4n) is 3.71. The molecule has 21 heavy (non-hydrogen) atoms. The fraction of sp³-hybridized carbons (Fsp3) is 0.471. The molecule has 110 valence electrons. The maximum Gasteiger partial charge on any atom is 0.199 e. The van der Waals surface area contributed by atoms with Crippen molar-refractivity contribution < 1.29 is 4.42 Å². The molecule has 1 unspecified atom stereocenters. The number of nitrogens with one attached hydrogen (secondary N) is 1. The highest BCUT2D eigenvalue weighted by Gasteiger charge is 2.52. The van der Waals surface area contributed by atoms with E-state index in [2.05, 4.69) is 45.5 Å². The van der Waals surface area contributed by atoms with Crippen LogP contribution in [-0.2, 0) is 6.54 Å². The lowest BCUT2D eigenvalue weighted by atomic mass is 9.73. The summed E-state index contributed by atoms with van der Waals surface area (Å²) < 4.78 is 5.83. The maximum absolute atomic E-state index is 5.83. The van der Waals surface area contributed by atoms with Crippen LogP contribution in [0.1, 0.15) is 23.1 Å². The predicted molar refractivity (Wildman–Crippen MR) is 81.0 cm³/mol. The Labute approximate surface area is 125 Å². The minimum atomic E-state index is 0.312. The first-order valence-electron chi connectivity index (χ1n) is 7.65. The number of hydrogen-bond acceptors (Lipinski definition) is 4. The number of rotatable bonds is 3. The molecule has 1 atom stereocenters. The molecule has 0 aliphatic carbocycles. The Hall–Kier alpha value is -1.65. The van der Waals surface area contributed by atoms with Gasteiger partial charge in [0.25, 0.3) is 0 Å². The monoisotopic (exact) mass is 283 g/mol. The van der Waals surface area contributed by atoms with E-state index in [1.165, 1.54) is 5.56 Å². The van der Waals surface area contributed by atoms with E-state index in [4.69, 9.17) is 4.42 Å². The van der Waals surface area contributed by atoms with Gasteiger partial charge in [0.05, 0.1) is 12.1 Å². The van der Waals surface area contributed by atoms with Gasteiger partial charge in [0.1, 0.15) is 5.76 Å². The molecular formula is C17H21N3O. The summed E-state index contributed by atoms with van der Waals surface area (Å²) in [5, 5.41) is 3.44. The fourth-order valence-corrected chi connectivity index (χ4v) is 3.71. The molecular weight excluding hydrogens is 262 g/mol. The van der Waals surface area contributed by atoms with Gasteiger partial charge in [0.15, 0.2) is 5.89 Å². The van der Waals surface area contributed by atoms with E-state index < -0.39 is 0 Å². The average molecular weight is 283 g/mol. The third-order valence-corrected chi connectivity index (χ3v) is 4.86. The second-order valence-corrected chi connectivity index (χ2v) is 6.48. The van der Waals surface area contributed by atoms with Crippen LogP contribution in [0.25, 0.3) is 0 Å². The number of aromatic nitrogens is 1. The lowest BCUT2D eigenvalue weighted by Gasteiger charge is -2.42. The van der Waals surface area contributed by atoms with Crippen LogP contribution in [0, 0.1) is 12.3 Å². The molecule has 1 aromatic heterocycles. The highest BCUT2D eigenvalue weighted by Crippen LogP contribution is 2.45. The molecule has 1 spiro atoms. The van der Waals surface area contributed by atoms with Crippen molar-refractivity contribution in [1.82, 2.24) is 15.2 Å². The summed E-state index contributed by atoms with van der Waals surface area (Å²) in [6.45, 7) is 7.30. The van der Waals surface area contributed by atoms with Crippen LogP contribution in [0.15, 0.2) is 40.9 Å². The molecule has 0 bridgehead atoms. The zero-order valence-corrected chi connectivity index (χ0v) is 12.4. The highest BCUT2D eigenvalue weighted by molar-refractivity contribution is 5.19. The van der Waals surface area contributed by atoms with Gasteiger partial charge in [-0.1, -0.05) is 30.3 Å². The topological polar surface area (TPSA) is 41.3 Å². The van der Waals surface area contributed by atoms with Gasteiger partial charge in [-0.05, 0) is 12.5 Å². The lowest BCUT2D eigenvalue weighted by Crippen LogP contribution is -2.57. The van der Waals surface area contributed by atoms with Gasteiger partial charge in [0, 0.05) is 38.1 Å². The Morgan fingerprint density at radius 1 is 1.33 bits per heavy atom. The molecule has 3 heterocycles. The predicted octanol–water partition coefficient (Wildman–Crippen LogP) is 2.17. The molecule has 0 amide bonds. The highest BCUT2D eigenvalue weighted by atomic mass is 16.4. The summed E-state index contributed by atoms with van der Waals surface area (Å²) in [7, 11) is 0. The Morgan fingerprint density at radius 2 is 2.14 bits per heavy atom. The van der Waals surface area contributed by atoms with E-state index in [0.717, 1.165) is 44.4 Å². The molecule has 2 aliphatic heterocycles. The van der Waals surface area contributed by atoms with Crippen LogP contribution in [0.5, 0.6) is 0 Å². The molecule has 0 radical (unpaired) electrons. The summed E-state index contributed by atoms with van der Waals surface area (Å²) in [6, 6.07) is 10.7. The van der Waals surface area contributed by atoms with Crippen LogP contribution in [0.2, 0.25) is 0 Å². The van der Waals surface area contributed by atoms with E-state index in [0.29, 0.717) is 11.3 Å². The minimum Gasteiger partial charge on any atom is -0.446 e. The zero-order chi connectivity index (χ0) is 14.3. The second kappa shape index (κ2) is 4.97. The van der Waals surface area contributed by atoms with Crippen molar-refractivity contribution in [3.8, 4) is 0 Å². The quantitative estimate of drug-likeness (QED) is 0.937. The van der Waals surface area contributed by atoms with Crippen LogP contribution >= 0.6 is 0 Å². The van der Waals surface area contributed by atoms with Gasteiger partial charge in [0.2, 0.25) is 0 Å². The Morgan fingerprint density at radius 3 is 2.76 bits per heavy atom. The maximum atomic E-state index is 5.83. The van der Waals surface area contributed by atoms with E-state index in [1.54, 1.807) is 0 Å². The van der Waals surface area contributed by atoms with Gasteiger partial charge in [-0.2, -0.15) is 0 Å². The third kappa shape index (κ3) is 2.28. The van der Waals surface area contributed by atoms with Crippen LogP contribution in [0.4, 0.5) is 0 Å². The van der Waals surface area contributed by atoms with Gasteiger partial charge in [-0.25, -0.2) is 4.98 Å². The second-order valence-electron chi connectivity index (χ2n) is 6.48. The number of oxazole rings is 1. The van der Waals surface area contributed by atoms with E-state index in [1.807, 2.05) is 13.1 Å². The first-order valence-corrected chi connectivity index (χ1v) is 7.65. The van der Waals surface area contributed by atoms with Crippen molar-refractivity contribution in [2.75, 3.05) is 26.2 Å². The van der Waals surface area contributed by atoms with E-state index in [-0.39, 0.29) is 0 Å². The summed E-state index contributed by atoms with van der Waals surface area (Å²) in [5.41, 5.74) is 1.69. The van der Waals surface area contributed by atoms with Gasteiger partial charge < -0.3 is 9.73 Å². The molecule has 2 aliphatic rings. The van der Waals surface area contributed by atoms with Crippen molar-refractivity contribution in [3.05, 3.63) is 53.7 Å². The lowest BCUT2D eigenvalue weighted by molar-refractivity contribution is 0.139. The number of likely N-dealkylation sites (tertiary alicyclic amines) is 1. The van der Waals surface area contributed by atoms with Gasteiger partial charge in [-0.3, -0.25) is 4.90 Å². The van der Waals surface area contributed by atoms with Crippen LogP contribution in [0.3, 0.4) is 0 Å². The summed E-state index contributed by atoms with van der Waals surface area (Å²) >= 11 is 0. The van der Waals surface area contributed by atoms with Crippen molar-refractivity contribution in [2.24, 2.45) is 5.41 Å². The summed E-state index contributed by atoms with van der Waals surface area (Å²) in [6.07, 6.45) is 1.84. The van der Waals surface area contributed by atoms with Crippen molar-refractivity contribution in [3.63, 3.8) is 0 Å². The zero-order valence-electron chi connectivity index (χ0n) is 12.4. The smallest absolute Gasteiger partial charge is 0.199 e. The molecule has 1 N–H and O–H groups in total. The molecule has 4 rings (SSSR count). The van der Waals surface area contributed by atoms with Crippen molar-refractivity contribution >= 4 is 0 Å². The number of aryl methyl sites for hydroxylation is 1. The molecule has 4 nitrogen and oxygen atoms in total. The number of nitrogens with zero attached hydrogens (tertiary/aromatic N) is 2. The Kier molecular flexibility index (Phi) is 3.08. The largest absolute Gasteiger partial charge is 0.446 e. The van der Waals surface area contributed by atoms with E-state index >= 15 is 0 Å². The normalized spacial score (nSPS) is 24.3. The number of hydrogen-bond donors (Lipinski definition) is 1. The standard InChI is InChI=1S/C17H21N3O/c1-13-7-19-16(21-13)15-9-20(12-17(15)10-18-11-17)8-14-5-3-2-4-6-14/h2-7,15,18H,8-12H2,1H3. The summed E-state index contributed by atoms with van der Waals surface area (Å²) in [4.78, 5) is 7.04. The molecule has 2 aromatic rings. The van der Waals surface area contributed by atoms with Gasteiger partial charge >= 0.3 is 0 Å². The number of benzene rings is 1. The molecule has 4 heteroatoms. The first kappa shape index (κ1) is 13.0. The van der Waals surface area contributed by atoms with E-state index in [9.17, 15) is 0 Å². The summed E-state index contributed by atoms with van der Waals surface area (Å²) in [5.74, 6) is 2.25. The molecule has 2 saturated heterocycles. The first-order chi connectivity index (χ1) is 10.3. The Balaban J connectivity index is 1.55. The SMILES string of the molecule is Cc1cnc(C2CN(Cc3ccccc3)CC23CNC3)o1. The average Bonchev–Trinajstić information content (AvgIpc) is 3.03. The van der Waals surface area contributed by atoms with Crippen molar-refractivity contribution in [1.29, 1.82) is 0 Å². The Bertz CT molecular complexity index is 618. The molecule has 2 fully saturated rings. The van der Waals surface area contributed by atoms with Crippen LogP contribution < -0.4 is 5.32 Å². The van der Waals surface area contributed by atoms with Crippen LogP contribution in [-0.4, -0.2) is 36.1 Å². The minimum absolute atomic E-state index is 0.312. The third-order valence-electron chi connectivity index (χ3n) is 4.86. The van der Waals surface area contributed by atoms with Gasteiger partial charge in [-0.15, -0.1) is 0 Å².